The average Bonchev–Trinajstić information content (AvgIpc) is 2.67. The molecule has 1 fully saturated rings. The molecule has 1 aliphatic rings. The number of rotatable bonds is 3. The molecule has 0 bridgehead atoms. The molecule has 30 heavy (non-hydrogen) atoms. The second kappa shape index (κ2) is 9.12. The maximum Gasteiger partial charge on any atom is 0.0939 e. The molecule has 1 heterocycles. The molecule has 0 atom stereocenters. The Kier molecular flexibility index (Phi) is 6.69. The van der Waals surface area contributed by atoms with E-state index in [-0.39, 0.29) is 0 Å². The largest absolute Gasteiger partial charge is 0.334 e. The number of hydrogen-bond acceptors (Lipinski definition) is 3. The molecule has 0 amide bonds. The zero-order valence-corrected chi connectivity index (χ0v) is 20.0. The van der Waals surface area contributed by atoms with E-state index in [1.165, 1.54) is 0 Å². The van der Waals surface area contributed by atoms with Crippen molar-refractivity contribution in [2.24, 2.45) is 0 Å². The average molecular weight is 522 g/mol. The third-order valence-electron chi connectivity index (χ3n) is 4.79. The van der Waals surface area contributed by atoms with Gasteiger partial charge in [0.25, 0.3) is 0 Å². The normalized spacial score (nSPS) is 14.4. The Morgan fingerprint density at radius 2 is 0.600 bits per heavy atom. The highest BCUT2D eigenvalue weighted by molar-refractivity contribution is 6.40. The summed E-state index contributed by atoms with van der Waals surface area (Å²) in [5.74, 6) is 0. The Morgan fingerprint density at radius 1 is 0.400 bits per heavy atom. The summed E-state index contributed by atoms with van der Waals surface area (Å²) >= 11 is 39.0. The molecule has 0 radical (unpaired) electrons. The smallest absolute Gasteiger partial charge is 0.0939 e. The van der Waals surface area contributed by atoms with Gasteiger partial charge in [0.15, 0.2) is 0 Å². The van der Waals surface area contributed by atoms with Gasteiger partial charge in [-0.2, -0.15) is 0 Å². The molecule has 1 saturated heterocycles. The summed E-state index contributed by atoms with van der Waals surface area (Å²) in [4.78, 5) is 6.11. The van der Waals surface area contributed by atoms with E-state index in [0.29, 0.717) is 67.2 Å². The minimum Gasteiger partial charge on any atom is -0.334 e. The fraction of sp³-hybridized carbons (Fsp3) is 0.143. The summed E-state index contributed by atoms with van der Waals surface area (Å²) in [5.41, 5.74) is 2.13. The Hall–Kier alpha value is -1.20. The van der Waals surface area contributed by atoms with Crippen LogP contribution in [0.5, 0.6) is 0 Å². The van der Waals surface area contributed by atoms with Gasteiger partial charge in [0.1, 0.15) is 0 Å². The van der Waals surface area contributed by atoms with Gasteiger partial charge >= 0.3 is 0 Å². The van der Waals surface area contributed by atoms with Gasteiger partial charge in [-0.25, -0.2) is 0 Å². The third-order valence-corrected chi connectivity index (χ3v) is 6.62. The topological polar surface area (TPSA) is 9.72 Å². The van der Waals surface area contributed by atoms with Crippen molar-refractivity contribution in [3.05, 3.63) is 84.7 Å². The minimum atomic E-state index is 0.464. The maximum absolute atomic E-state index is 6.51. The van der Waals surface area contributed by atoms with Crippen LogP contribution in [0.15, 0.2) is 54.6 Å². The van der Waals surface area contributed by atoms with Crippen molar-refractivity contribution in [1.82, 2.24) is 0 Å². The Labute approximate surface area is 205 Å². The summed E-state index contributed by atoms with van der Waals surface area (Å²) in [6.07, 6.45) is 0. The zero-order valence-electron chi connectivity index (χ0n) is 15.4. The number of para-hydroxylation sites is 3. The fourth-order valence-corrected chi connectivity index (χ4v) is 5.46. The molecule has 0 aliphatic carbocycles. The van der Waals surface area contributed by atoms with Crippen molar-refractivity contribution < 1.29 is 0 Å². The first kappa shape index (κ1) is 22.0. The van der Waals surface area contributed by atoms with Crippen LogP contribution < -0.4 is 14.7 Å². The number of anilines is 3. The van der Waals surface area contributed by atoms with E-state index in [4.69, 9.17) is 69.6 Å². The Balaban J connectivity index is 1.83. The zero-order chi connectivity index (χ0) is 21.4. The standard InChI is InChI=1S/C21H15Cl6N3/c22-13-4-1-5-14(23)19(13)28-10-29(20-15(24)6-2-7-16(20)25)12-30(11-28)21-17(26)8-3-9-18(21)27/h1-9H,10-12H2. The van der Waals surface area contributed by atoms with Crippen LogP contribution in [-0.4, -0.2) is 20.0 Å². The van der Waals surface area contributed by atoms with Crippen molar-refractivity contribution in [1.29, 1.82) is 0 Å². The van der Waals surface area contributed by atoms with Crippen molar-refractivity contribution in [2.45, 2.75) is 0 Å². The number of nitrogens with zero attached hydrogens (tertiary/aromatic N) is 3. The van der Waals surface area contributed by atoms with Crippen LogP contribution in [0.4, 0.5) is 17.1 Å². The van der Waals surface area contributed by atoms with Gasteiger partial charge in [-0.3, -0.25) is 0 Å². The van der Waals surface area contributed by atoms with Crippen LogP contribution in [0.25, 0.3) is 0 Å². The lowest BCUT2D eigenvalue weighted by Crippen LogP contribution is -2.56. The first-order valence-corrected chi connectivity index (χ1v) is 11.2. The van der Waals surface area contributed by atoms with Gasteiger partial charge in [-0.05, 0) is 36.4 Å². The minimum absolute atomic E-state index is 0.464. The molecule has 0 N–H and O–H groups in total. The van der Waals surface area contributed by atoms with E-state index >= 15 is 0 Å². The van der Waals surface area contributed by atoms with Crippen LogP contribution in [0.3, 0.4) is 0 Å². The molecule has 0 spiro atoms. The van der Waals surface area contributed by atoms with Gasteiger partial charge in [0.05, 0.1) is 67.2 Å². The first-order valence-electron chi connectivity index (χ1n) is 8.93. The molecular formula is C21H15Cl6N3. The Bertz CT molecular complexity index is 887. The predicted molar refractivity (Wildman–Crippen MR) is 131 cm³/mol. The molecule has 3 aromatic rings. The second-order valence-corrected chi connectivity index (χ2v) is 9.20. The molecule has 3 nitrogen and oxygen atoms in total. The monoisotopic (exact) mass is 519 g/mol. The van der Waals surface area contributed by atoms with E-state index < -0.39 is 0 Å². The highest BCUT2D eigenvalue weighted by atomic mass is 35.5. The summed E-state index contributed by atoms with van der Waals surface area (Å²) < 4.78 is 0. The molecule has 156 valence electrons. The number of benzene rings is 3. The quantitative estimate of drug-likeness (QED) is 0.343. The highest BCUT2D eigenvalue weighted by Crippen LogP contribution is 2.41. The second-order valence-electron chi connectivity index (χ2n) is 6.75. The van der Waals surface area contributed by atoms with Crippen LogP contribution >= 0.6 is 69.6 Å². The van der Waals surface area contributed by atoms with E-state index in [9.17, 15) is 0 Å². The lowest BCUT2D eigenvalue weighted by atomic mass is 10.2. The lowest BCUT2D eigenvalue weighted by molar-refractivity contribution is 0.611. The maximum atomic E-state index is 6.51. The van der Waals surface area contributed by atoms with E-state index in [1.807, 2.05) is 32.9 Å². The third kappa shape index (κ3) is 4.25. The number of halogens is 6. The number of hydrogen-bond donors (Lipinski definition) is 0. The van der Waals surface area contributed by atoms with Crippen LogP contribution in [0.2, 0.25) is 30.1 Å². The van der Waals surface area contributed by atoms with Crippen LogP contribution in [0, 0.1) is 0 Å². The van der Waals surface area contributed by atoms with Gasteiger partial charge in [0, 0.05) is 0 Å². The lowest BCUT2D eigenvalue weighted by Gasteiger charge is -2.46. The molecule has 0 aromatic heterocycles. The Morgan fingerprint density at radius 3 is 0.800 bits per heavy atom. The predicted octanol–water partition coefficient (Wildman–Crippen LogP) is 8.31. The van der Waals surface area contributed by atoms with Crippen LogP contribution in [-0.2, 0) is 0 Å². The molecule has 3 aromatic carbocycles. The van der Waals surface area contributed by atoms with E-state index in [0.717, 1.165) is 0 Å². The summed E-state index contributed by atoms with van der Waals surface area (Å²) in [6, 6.07) is 16.2. The van der Waals surface area contributed by atoms with Gasteiger partial charge in [-0.1, -0.05) is 87.8 Å². The molecule has 0 saturated carbocycles. The first-order chi connectivity index (χ1) is 14.4. The molecular weight excluding hydrogens is 507 g/mol. The SMILES string of the molecule is Clc1cccc(Cl)c1N1CN(c2c(Cl)cccc2Cl)CN(c2c(Cl)cccc2Cl)C1. The molecule has 1 aliphatic heterocycles. The van der Waals surface area contributed by atoms with Crippen molar-refractivity contribution in [3.63, 3.8) is 0 Å². The van der Waals surface area contributed by atoms with Crippen molar-refractivity contribution in [3.8, 4) is 0 Å². The van der Waals surface area contributed by atoms with Gasteiger partial charge in [-0.15, -0.1) is 0 Å². The molecule has 0 unspecified atom stereocenters. The highest BCUT2D eigenvalue weighted by Gasteiger charge is 2.30. The van der Waals surface area contributed by atoms with Crippen LogP contribution in [0.1, 0.15) is 0 Å². The fourth-order valence-electron chi connectivity index (χ4n) is 3.55. The van der Waals surface area contributed by atoms with E-state index in [1.54, 1.807) is 36.4 Å². The van der Waals surface area contributed by atoms with Crippen molar-refractivity contribution in [2.75, 3.05) is 34.7 Å². The molecule has 4 rings (SSSR count). The van der Waals surface area contributed by atoms with E-state index in [2.05, 4.69) is 0 Å². The molecule has 9 heteroatoms. The van der Waals surface area contributed by atoms with Crippen molar-refractivity contribution >= 4 is 86.7 Å². The summed E-state index contributed by atoms with van der Waals surface area (Å²) in [7, 11) is 0. The van der Waals surface area contributed by atoms with Gasteiger partial charge < -0.3 is 14.7 Å². The summed E-state index contributed by atoms with van der Waals surface area (Å²) in [6.45, 7) is 1.39. The van der Waals surface area contributed by atoms with Gasteiger partial charge in [0.2, 0.25) is 0 Å². The summed E-state index contributed by atoms with van der Waals surface area (Å²) in [5, 5.41) is 3.25.